The molecule has 0 saturated carbocycles. The molecule has 1 aromatic carbocycles. The summed E-state index contributed by atoms with van der Waals surface area (Å²) in [5.74, 6) is 0.214. The van der Waals surface area contributed by atoms with Gasteiger partial charge in [-0.2, -0.15) is 0 Å². The SMILES string of the molecule is CC1CCN(C(=O)c2cc(Cl)c(Br)c(S(=O)(=O)Cl)c2)C1. The number of carbonyl (C=O) groups excluding carboxylic acids is 1. The van der Waals surface area contributed by atoms with E-state index >= 15 is 0 Å². The molecule has 1 heterocycles. The monoisotopic (exact) mass is 399 g/mol. The number of rotatable bonds is 2. The topological polar surface area (TPSA) is 54.5 Å². The lowest BCUT2D eigenvalue weighted by Crippen LogP contribution is -2.28. The Hall–Kier alpha value is -0.300. The molecule has 0 bridgehead atoms. The average Bonchev–Trinajstić information content (AvgIpc) is 2.76. The van der Waals surface area contributed by atoms with E-state index in [0.29, 0.717) is 19.0 Å². The molecule has 1 fully saturated rings. The van der Waals surface area contributed by atoms with Gasteiger partial charge in [-0.05, 0) is 40.4 Å². The van der Waals surface area contributed by atoms with E-state index in [2.05, 4.69) is 22.9 Å². The van der Waals surface area contributed by atoms with Crippen LogP contribution in [0.1, 0.15) is 23.7 Å². The zero-order valence-corrected chi connectivity index (χ0v) is 14.5. The molecule has 1 atom stereocenters. The molecule has 110 valence electrons. The first-order valence-electron chi connectivity index (χ1n) is 5.93. The summed E-state index contributed by atoms with van der Waals surface area (Å²) >= 11 is 9.04. The van der Waals surface area contributed by atoms with Crippen LogP contribution >= 0.6 is 38.2 Å². The van der Waals surface area contributed by atoms with Crippen LogP contribution in [0, 0.1) is 5.92 Å². The van der Waals surface area contributed by atoms with E-state index in [4.69, 9.17) is 22.3 Å². The molecule has 1 aromatic rings. The van der Waals surface area contributed by atoms with E-state index < -0.39 is 9.05 Å². The van der Waals surface area contributed by atoms with E-state index in [-0.39, 0.29) is 25.9 Å². The third-order valence-corrected chi connectivity index (χ3v) is 6.20. The number of halogens is 3. The van der Waals surface area contributed by atoms with Crippen molar-refractivity contribution in [2.75, 3.05) is 13.1 Å². The van der Waals surface area contributed by atoms with Crippen molar-refractivity contribution in [3.05, 3.63) is 27.2 Å². The van der Waals surface area contributed by atoms with Crippen LogP contribution in [-0.4, -0.2) is 32.3 Å². The highest BCUT2D eigenvalue weighted by Crippen LogP contribution is 2.33. The number of benzene rings is 1. The molecule has 0 aromatic heterocycles. The molecule has 4 nitrogen and oxygen atoms in total. The Balaban J connectivity index is 2.43. The highest BCUT2D eigenvalue weighted by atomic mass is 79.9. The fourth-order valence-corrected chi connectivity index (χ4v) is 4.55. The summed E-state index contributed by atoms with van der Waals surface area (Å²) in [6.07, 6.45) is 0.941. The van der Waals surface area contributed by atoms with Gasteiger partial charge in [0.15, 0.2) is 0 Å². The number of nitrogens with zero attached hydrogens (tertiary/aromatic N) is 1. The average molecular weight is 401 g/mol. The Morgan fingerprint density at radius 1 is 1.45 bits per heavy atom. The zero-order valence-electron chi connectivity index (χ0n) is 10.6. The minimum atomic E-state index is -3.98. The van der Waals surface area contributed by atoms with Gasteiger partial charge in [-0.3, -0.25) is 4.79 Å². The van der Waals surface area contributed by atoms with Gasteiger partial charge in [0.2, 0.25) is 0 Å². The van der Waals surface area contributed by atoms with Crippen LogP contribution in [0.15, 0.2) is 21.5 Å². The van der Waals surface area contributed by atoms with Crippen molar-refractivity contribution < 1.29 is 13.2 Å². The van der Waals surface area contributed by atoms with E-state index in [0.717, 1.165) is 6.42 Å². The molecule has 1 amide bonds. The molecule has 0 aliphatic carbocycles. The quantitative estimate of drug-likeness (QED) is 0.713. The minimum absolute atomic E-state index is 0.141. The van der Waals surface area contributed by atoms with Crippen molar-refractivity contribution >= 4 is 53.2 Å². The summed E-state index contributed by atoms with van der Waals surface area (Å²) in [5.41, 5.74) is 0.228. The fourth-order valence-electron chi connectivity index (χ4n) is 2.17. The first-order valence-corrected chi connectivity index (χ1v) is 9.41. The standard InChI is InChI=1S/C12H12BrCl2NO3S/c1-7-2-3-16(6-7)12(17)8-4-9(14)11(13)10(5-8)20(15,18)19/h4-5,7H,2-3,6H2,1H3. The van der Waals surface area contributed by atoms with Crippen LogP contribution in [0.3, 0.4) is 0 Å². The van der Waals surface area contributed by atoms with Crippen molar-refractivity contribution in [3.8, 4) is 0 Å². The molecular formula is C12H12BrCl2NO3S. The third kappa shape index (κ3) is 3.30. The predicted molar refractivity (Wildman–Crippen MR) is 81.9 cm³/mol. The number of carbonyl (C=O) groups is 1. The smallest absolute Gasteiger partial charge is 0.262 e. The maximum absolute atomic E-state index is 12.3. The van der Waals surface area contributed by atoms with Crippen molar-refractivity contribution in [1.29, 1.82) is 0 Å². The van der Waals surface area contributed by atoms with Gasteiger partial charge in [0, 0.05) is 29.3 Å². The van der Waals surface area contributed by atoms with Crippen LogP contribution in [0.5, 0.6) is 0 Å². The highest BCUT2D eigenvalue weighted by molar-refractivity contribution is 9.10. The van der Waals surface area contributed by atoms with Crippen molar-refractivity contribution in [3.63, 3.8) is 0 Å². The molecule has 1 aliphatic heterocycles. The Bertz CT molecular complexity index is 663. The lowest BCUT2D eigenvalue weighted by Gasteiger charge is -2.17. The van der Waals surface area contributed by atoms with Gasteiger partial charge in [-0.15, -0.1) is 0 Å². The molecule has 0 spiro atoms. The minimum Gasteiger partial charge on any atom is -0.338 e. The first kappa shape index (κ1) is 16.1. The fraction of sp³-hybridized carbons (Fsp3) is 0.417. The van der Waals surface area contributed by atoms with Gasteiger partial charge >= 0.3 is 0 Å². The Morgan fingerprint density at radius 3 is 2.60 bits per heavy atom. The van der Waals surface area contributed by atoms with Gasteiger partial charge in [-0.25, -0.2) is 8.42 Å². The zero-order chi connectivity index (χ0) is 15.1. The third-order valence-electron chi connectivity index (χ3n) is 3.22. The van der Waals surface area contributed by atoms with E-state index in [9.17, 15) is 13.2 Å². The van der Waals surface area contributed by atoms with Crippen LogP contribution in [0.4, 0.5) is 0 Å². The summed E-state index contributed by atoms with van der Waals surface area (Å²) in [7, 11) is 1.38. The summed E-state index contributed by atoms with van der Waals surface area (Å²) < 4.78 is 23.2. The normalized spacial score (nSPS) is 19.4. The van der Waals surface area contributed by atoms with Crippen LogP contribution < -0.4 is 0 Å². The summed E-state index contributed by atoms with van der Waals surface area (Å²) in [4.78, 5) is 13.8. The molecule has 0 N–H and O–H groups in total. The molecule has 1 aliphatic rings. The lowest BCUT2D eigenvalue weighted by molar-refractivity contribution is 0.0788. The highest BCUT2D eigenvalue weighted by Gasteiger charge is 2.27. The second-order valence-corrected chi connectivity index (χ2v) is 8.59. The van der Waals surface area contributed by atoms with Crippen molar-refractivity contribution in [2.24, 2.45) is 5.92 Å². The van der Waals surface area contributed by atoms with Gasteiger partial charge < -0.3 is 4.90 Å². The first-order chi connectivity index (χ1) is 9.20. The predicted octanol–water partition coefficient (Wildman–Crippen LogP) is 3.51. The van der Waals surface area contributed by atoms with E-state index in [1.807, 2.05) is 0 Å². The van der Waals surface area contributed by atoms with Gasteiger partial charge in [0.25, 0.3) is 15.0 Å². The molecule has 20 heavy (non-hydrogen) atoms. The number of likely N-dealkylation sites (tertiary alicyclic amines) is 1. The molecule has 8 heteroatoms. The van der Waals surface area contributed by atoms with Gasteiger partial charge in [0.05, 0.1) is 14.4 Å². The largest absolute Gasteiger partial charge is 0.338 e. The Kier molecular flexibility index (Phi) is 4.69. The van der Waals surface area contributed by atoms with Crippen LogP contribution in [0.25, 0.3) is 0 Å². The van der Waals surface area contributed by atoms with Crippen LogP contribution in [0.2, 0.25) is 5.02 Å². The molecular weight excluding hydrogens is 389 g/mol. The Morgan fingerprint density at radius 2 is 2.10 bits per heavy atom. The lowest BCUT2D eigenvalue weighted by atomic mass is 10.2. The summed E-state index contributed by atoms with van der Waals surface area (Å²) in [6.45, 7) is 3.39. The van der Waals surface area contributed by atoms with Crippen molar-refractivity contribution in [1.82, 2.24) is 4.90 Å². The summed E-state index contributed by atoms with van der Waals surface area (Å²) in [5, 5.41) is 0.141. The van der Waals surface area contributed by atoms with Gasteiger partial charge in [-0.1, -0.05) is 18.5 Å². The van der Waals surface area contributed by atoms with E-state index in [1.165, 1.54) is 12.1 Å². The van der Waals surface area contributed by atoms with Crippen LogP contribution in [-0.2, 0) is 9.05 Å². The number of hydrogen-bond donors (Lipinski definition) is 0. The maximum atomic E-state index is 12.3. The molecule has 2 rings (SSSR count). The number of amides is 1. The summed E-state index contributed by atoms with van der Waals surface area (Å²) in [6, 6.07) is 2.70. The van der Waals surface area contributed by atoms with Gasteiger partial charge in [0.1, 0.15) is 0 Å². The molecule has 1 saturated heterocycles. The van der Waals surface area contributed by atoms with Crippen molar-refractivity contribution in [2.45, 2.75) is 18.2 Å². The maximum Gasteiger partial charge on any atom is 0.262 e. The Labute approximate surface area is 135 Å². The molecule has 0 radical (unpaired) electrons. The number of hydrogen-bond acceptors (Lipinski definition) is 3. The van der Waals surface area contributed by atoms with E-state index in [1.54, 1.807) is 4.90 Å². The second kappa shape index (κ2) is 5.83. The molecule has 1 unspecified atom stereocenters. The second-order valence-electron chi connectivity index (χ2n) is 4.85.